The third-order valence-corrected chi connectivity index (χ3v) is 4.18. The molecule has 0 saturated carbocycles. The predicted molar refractivity (Wildman–Crippen MR) is 84.4 cm³/mol. The molecular formula is C17H16ClNO3. The molecule has 0 radical (unpaired) electrons. The summed E-state index contributed by atoms with van der Waals surface area (Å²) in [5, 5.41) is 9.77. The minimum absolute atomic E-state index is 0.390. The van der Waals surface area contributed by atoms with Crippen LogP contribution in [0.2, 0.25) is 5.02 Å². The molecule has 0 spiro atoms. The molecule has 2 aromatic carbocycles. The van der Waals surface area contributed by atoms with Crippen molar-refractivity contribution in [3.8, 4) is 5.75 Å². The van der Waals surface area contributed by atoms with Crippen molar-refractivity contribution in [2.75, 3.05) is 6.54 Å². The zero-order valence-corrected chi connectivity index (χ0v) is 12.7. The Hall–Kier alpha value is -2.20. The largest absolute Gasteiger partial charge is 0.489 e. The van der Waals surface area contributed by atoms with Gasteiger partial charge in [-0.3, -0.25) is 0 Å². The molecule has 114 valence electrons. The van der Waals surface area contributed by atoms with Gasteiger partial charge in [0.05, 0.1) is 0 Å². The minimum Gasteiger partial charge on any atom is -0.489 e. The van der Waals surface area contributed by atoms with Crippen molar-refractivity contribution in [1.82, 2.24) is 4.90 Å². The Morgan fingerprint density at radius 2 is 2.05 bits per heavy atom. The van der Waals surface area contributed by atoms with Crippen molar-refractivity contribution in [2.45, 2.75) is 19.6 Å². The summed E-state index contributed by atoms with van der Waals surface area (Å²) in [6.45, 7) is 1.34. The van der Waals surface area contributed by atoms with Crippen LogP contribution in [-0.2, 0) is 19.6 Å². The van der Waals surface area contributed by atoms with Gasteiger partial charge in [0, 0.05) is 23.7 Å². The van der Waals surface area contributed by atoms with Crippen LogP contribution in [0.25, 0.3) is 0 Å². The fraction of sp³-hybridized carbons (Fsp3) is 0.235. The van der Waals surface area contributed by atoms with Crippen molar-refractivity contribution < 1.29 is 14.6 Å². The summed E-state index contributed by atoms with van der Waals surface area (Å²) in [6.07, 6.45) is -0.139. The molecule has 0 fully saturated rings. The van der Waals surface area contributed by atoms with E-state index in [4.69, 9.17) is 21.4 Å². The molecule has 4 nitrogen and oxygen atoms in total. The standard InChI is InChI=1S/C17H16ClNO3/c18-16-4-2-1-3-13(16)11-22-15-6-5-12-7-8-19(17(20)21)10-14(12)9-15/h1-6,9H,7-8,10-11H2,(H,20,21). The normalized spacial score (nSPS) is 13.6. The van der Waals surface area contributed by atoms with E-state index >= 15 is 0 Å². The number of nitrogens with zero attached hydrogens (tertiary/aromatic N) is 1. The van der Waals surface area contributed by atoms with Crippen LogP contribution in [0.1, 0.15) is 16.7 Å². The van der Waals surface area contributed by atoms with Crippen LogP contribution in [0.4, 0.5) is 4.79 Å². The van der Waals surface area contributed by atoms with Crippen LogP contribution >= 0.6 is 11.6 Å². The van der Waals surface area contributed by atoms with Crippen LogP contribution in [0.15, 0.2) is 42.5 Å². The van der Waals surface area contributed by atoms with Gasteiger partial charge in [-0.15, -0.1) is 0 Å². The Bertz CT molecular complexity index is 702. The highest BCUT2D eigenvalue weighted by molar-refractivity contribution is 6.31. The maximum Gasteiger partial charge on any atom is 0.407 e. The number of amides is 1. The third kappa shape index (κ3) is 3.17. The van der Waals surface area contributed by atoms with Crippen LogP contribution in [0.5, 0.6) is 5.75 Å². The van der Waals surface area contributed by atoms with Crippen molar-refractivity contribution >= 4 is 17.7 Å². The number of benzene rings is 2. The Morgan fingerprint density at radius 3 is 2.82 bits per heavy atom. The number of ether oxygens (including phenoxy) is 1. The van der Waals surface area contributed by atoms with Crippen LogP contribution < -0.4 is 4.74 Å². The fourth-order valence-electron chi connectivity index (χ4n) is 2.56. The summed E-state index contributed by atoms with van der Waals surface area (Å²) >= 11 is 6.11. The number of halogens is 1. The van der Waals surface area contributed by atoms with Crippen LogP contribution in [-0.4, -0.2) is 22.6 Å². The molecule has 1 amide bonds. The van der Waals surface area contributed by atoms with Gasteiger partial charge in [0.25, 0.3) is 0 Å². The summed E-state index contributed by atoms with van der Waals surface area (Å²) in [6, 6.07) is 13.4. The number of fused-ring (bicyclic) bond motifs is 1. The van der Waals surface area contributed by atoms with E-state index in [2.05, 4.69) is 0 Å². The fourth-order valence-corrected chi connectivity index (χ4v) is 2.75. The Kier molecular flexibility index (Phi) is 4.20. The maximum absolute atomic E-state index is 11.1. The van der Waals surface area contributed by atoms with Gasteiger partial charge in [-0.05, 0) is 35.7 Å². The summed E-state index contributed by atoms with van der Waals surface area (Å²) in [4.78, 5) is 12.5. The highest BCUT2D eigenvalue weighted by Crippen LogP contribution is 2.25. The highest BCUT2D eigenvalue weighted by Gasteiger charge is 2.20. The van der Waals surface area contributed by atoms with E-state index < -0.39 is 6.09 Å². The molecule has 0 saturated heterocycles. The van der Waals surface area contributed by atoms with Crippen molar-refractivity contribution in [1.29, 1.82) is 0 Å². The van der Waals surface area contributed by atoms with Gasteiger partial charge in [-0.2, -0.15) is 0 Å². The first-order valence-electron chi connectivity index (χ1n) is 7.09. The molecule has 1 aliphatic rings. The summed E-state index contributed by atoms with van der Waals surface area (Å²) in [5.41, 5.74) is 3.11. The van der Waals surface area contributed by atoms with Gasteiger partial charge in [-0.25, -0.2) is 4.79 Å². The second kappa shape index (κ2) is 6.28. The Labute approximate surface area is 133 Å². The van der Waals surface area contributed by atoms with Gasteiger partial charge in [0.15, 0.2) is 0 Å². The van der Waals surface area contributed by atoms with E-state index in [1.165, 1.54) is 10.5 Å². The van der Waals surface area contributed by atoms with Crippen LogP contribution in [0.3, 0.4) is 0 Å². The average Bonchev–Trinajstić information content (AvgIpc) is 2.53. The molecule has 1 N–H and O–H groups in total. The van der Waals surface area contributed by atoms with E-state index in [9.17, 15) is 4.79 Å². The number of hydrogen-bond donors (Lipinski definition) is 1. The van der Waals surface area contributed by atoms with E-state index in [-0.39, 0.29) is 0 Å². The first-order valence-corrected chi connectivity index (χ1v) is 7.47. The lowest BCUT2D eigenvalue weighted by Crippen LogP contribution is -2.34. The molecule has 1 heterocycles. The molecule has 0 atom stereocenters. The van der Waals surface area contributed by atoms with Gasteiger partial charge in [0.2, 0.25) is 0 Å². The molecule has 0 aliphatic carbocycles. The summed E-state index contributed by atoms with van der Waals surface area (Å²) in [5.74, 6) is 0.728. The predicted octanol–water partition coefficient (Wildman–Crippen LogP) is 3.96. The van der Waals surface area contributed by atoms with Crippen molar-refractivity contribution in [3.63, 3.8) is 0 Å². The maximum atomic E-state index is 11.1. The molecule has 0 aromatic heterocycles. The molecule has 1 aliphatic heterocycles. The second-order valence-electron chi connectivity index (χ2n) is 5.26. The SMILES string of the molecule is O=C(O)N1CCc2ccc(OCc3ccccc3Cl)cc2C1. The molecule has 3 rings (SSSR count). The first-order chi connectivity index (χ1) is 10.6. The molecule has 0 bridgehead atoms. The van der Waals surface area contributed by atoms with Gasteiger partial charge >= 0.3 is 6.09 Å². The number of carboxylic acid groups (broad SMARTS) is 1. The van der Waals surface area contributed by atoms with E-state index in [1.54, 1.807) is 0 Å². The van der Waals surface area contributed by atoms with E-state index in [0.29, 0.717) is 24.7 Å². The lowest BCUT2D eigenvalue weighted by molar-refractivity contribution is 0.140. The molecule has 5 heteroatoms. The first kappa shape index (κ1) is 14.7. The third-order valence-electron chi connectivity index (χ3n) is 3.81. The van der Waals surface area contributed by atoms with Crippen LogP contribution in [0, 0.1) is 0 Å². The monoisotopic (exact) mass is 317 g/mol. The smallest absolute Gasteiger partial charge is 0.407 e. The quantitative estimate of drug-likeness (QED) is 0.932. The molecule has 22 heavy (non-hydrogen) atoms. The average molecular weight is 318 g/mol. The van der Waals surface area contributed by atoms with Crippen molar-refractivity contribution in [3.05, 3.63) is 64.2 Å². The lowest BCUT2D eigenvalue weighted by Gasteiger charge is -2.26. The molecular weight excluding hydrogens is 302 g/mol. The Balaban J connectivity index is 1.72. The molecule has 0 unspecified atom stereocenters. The second-order valence-corrected chi connectivity index (χ2v) is 5.67. The number of rotatable bonds is 3. The minimum atomic E-state index is -0.881. The number of hydrogen-bond acceptors (Lipinski definition) is 2. The van der Waals surface area contributed by atoms with Gasteiger partial charge < -0.3 is 14.7 Å². The van der Waals surface area contributed by atoms with Gasteiger partial charge in [-0.1, -0.05) is 35.9 Å². The highest BCUT2D eigenvalue weighted by atomic mass is 35.5. The van der Waals surface area contributed by atoms with Crippen molar-refractivity contribution in [2.24, 2.45) is 0 Å². The topological polar surface area (TPSA) is 49.8 Å². The lowest BCUT2D eigenvalue weighted by atomic mass is 10.00. The Morgan fingerprint density at radius 1 is 1.23 bits per heavy atom. The number of carbonyl (C=O) groups is 1. The zero-order valence-electron chi connectivity index (χ0n) is 12.0. The zero-order chi connectivity index (χ0) is 15.5. The van der Waals surface area contributed by atoms with E-state index in [0.717, 1.165) is 23.3 Å². The van der Waals surface area contributed by atoms with Gasteiger partial charge in [0.1, 0.15) is 12.4 Å². The van der Waals surface area contributed by atoms with E-state index in [1.807, 2.05) is 42.5 Å². The molecule has 2 aromatic rings. The summed E-state index contributed by atoms with van der Waals surface area (Å²) in [7, 11) is 0. The summed E-state index contributed by atoms with van der Waals surface area (Å²) < 4.78 is 5.78.